The number of aliphatic carboxylic acids is 1. The van der Waals surface area contributed by atoms with Crippen LogP contribution in [0.1, 0.15) is 37.4 Å². The van der Waals surface area contributed by atoms with E-state index in [1.807, 2.05) is 11.8 Å². The van der Waals surface area contributed by atoms with Gasteiger partial charge in [0.15, 0.2) is 0 Å². The van der Waals surface area contributed by atoms with E-state index in [2.05, 4.69) is 26.7 Å². The van der Waals surface area contributed by atoms with Gasteiger partial charge >= 0.3 is 5.97 Å². The van der Waals surface area contributed by atoms with Crippen LogP contribution in [-0.2, 0) is 4.79 Å². The fourth-order valence-electron chi connectivity index (χ4n) is 4.56. The Labute approximate surface area is 212 Å². The Morgan fingerprint density at radius 2 is 2.18 bits per heavy atom. The van der Waals surface area contributed by atoms with Crippen LogP contribution in [0.2, 0.25) is 5.02 Å². The quantitative estimate of drug-likeness (QED) is 0.299. The third kappa shape index (κ3) is 5.67. The summed E-state index contributed by atoms with van der Waals surface area (Å²) in [6, 6.07) is 7.39. The molecular weight excluding hydrogens is 495 g/mol. The summed E-state index contributed by atoms with van der Waals surface area (Å²) in [6.45, 7) is 2.34. The van der Waals surface area contributed by atoms with Crippen molar-refractivity contribution >= 4 is 51.6 Å². The van der Waals surface area contributed by atoms with Crippen LogP contribution in [0.25, 0.3) is 10.9 Å². The number of thiophene rings is 1. The van der Waals surface area contributed by atoms with E-state index in [4.69, 9.17) is 16.3 Å². The van der Waals surface area contributed by atoms with E-state index in [-0.39, 0.29) is 17.9 Å². The molecule has 0 amide bonds. The minimum Gasteiger partial charge on any atom is -0.497 e. The molecule has 1 atom stereocenters. The molecule has 0 saturated carbocycles. The number of nitrogens with zero attached hydrogens (tertiary/aromatic N) is 2. The number of halogens is 2. The van der Waals surface area contributed by atoms with Gasteiger partial charge in [-0.15, -0.1) is 11.8 Å². The second-order valence-electron chi connectivity index (χ2n) is 8.64. The molecule has 1 aliphatic rings. The van der Waals surface area contributed by atoms with Crippen LogP contribution in [-0.4, -0.2) is 53.5 Å². The maximum atomic E-state index is 15.6. The summed E-state index contributed by atoms with van der Waals surface area (Å²) >= 11 is 9.86. The molecule has 3 aromatic rings. The fraction of sp³-hybridized carbons (Fsp3) is 0.440. The summed E-state index contributed by atoms with van der Waals surface area (Å²) in [5.74, 6) is 0.733. The summed E-state index contributed by atoms with van der Waals surface area (Å²) in [5.41, 5.74) is 0.0763. The summed E-state index contributed by atoms with van der Waals surface area (Å²) in [4.78, 5) is 20.1. The van der Waals surface area contributed by atoms with E-state index in [0.717, 1.165) is 12.3 Å². The topological polar surface area (TPSA) is 62.7 Å². The molecule has 34 heavy (non-hydrogen) atoms. The van der Waals surface area contributed by atoms with Crippen molar-refractivity contribution in [3.63, 3.8) is 0 Å². The molecular formula is C25H28ClFN2O3S2. The van der Waals surface area contributed by atoms with Gasteiger partial charge in [0.2, 0.25) is 0 Å². The van der Waals surface area contributed by atoms with Crippen molar-refractivity contribution in [1.29, 1.82) is 0 Å². The maximum Gasteiger partial charge on any atom is 0.309 e. The molecule has 0 radical (unpaired) electrons. The zero-order chi connectivity index (χ0) is 24.1. The van der Waals surface area contributed by atoms with E-state index in [9.17, 15) is 9.90 Å². The zero-order valence-corrected chi connectivity index (χ0v) is 21.4. The molecule has 1 fully saturated rings. The first-order chi connectivity index (χ1) is 16.4. The highest BCUT2D eigenvalue weighted by atomic mass is 35.5. The van der Waals surface area contributed by atoms with Crippen molar-refractivity contribution in [2.45, 2.75) is 36.8 Å². The van der Waals surface area contributed by atoms with E-state index in [0.29, 0.717) is 48.1 Å². The molecule has 1 aromatic carbocycles. The van der Waals surface area contributed by atoms with E-state index >= 15 is 4.39 Å². The van der Waals surface area contributed by atoms with Crippen LogP contribution in [0.3, 0.4) is 0 Å². The van der Waals surface area contributed by atoms with Gasteiger partial charge in [0.25, 0.3) is 0 Å². The number of fused-ring (bicyclic) bond motifs is 1. The smallest absolute Gasteiger partial charge is 0.309 e. The summed E-state index contributed by atoms with van der Waals surface area (Å²) in [6.07, 6.45) is 1.48. The van der Waals surface area contributed by atoms with Gasteiger partial charge in [-0.2, -0.15) is 11.3 Å². The molecule has 1 unspecified atom stereocenters. The van der Waals surface area contributed by atoms with Gasteiger partial charge in [-0.25, -0.2) is 4.39 Å². The van der Waals surface area contributed by atoms with Crippen molar-refractivity contribution in [2.75, 3.05) is 32.5 Å². The van der Waals surface area contributed by atoms with Gasteiger partial charge in [-0.1, -0.05) is 11.6 Å². The first-order valence-electron chi connectivity index (χ1n) is 11.3. The first-order valence-corrected chi connectivity index (χ1v) is 13.6. The number of carboxylic acid groups (broad SMARTS) is 1. The Kier molecular flexibility index (Phi) is 8.34. The second-order valence-corrected chi connectivity index (χ2v) is 11.0. The van der Waals surface area contributed by atoms with E-state index < -0.39 is 17.6 Å². The SMILES string of the molecule is COc1ccc2ncc(Cl)c(C(F)CCC3(C(=O)O)CCN(CCSc4ccsc4)CC3)c2c1. The van der Waals surface area contributed by atoms with E-state index in [1.54, 1.807) is 36.6 Å². The van der Waals surface area contributed by atoms with Crippen LogP contribution >= 0.6 is 34.7 Å². The predicted octanol–water partition coefficient (Wildman–Crippen LogP) is 6.71. The molecule has 1 aliphatic heterocycles. The molecule has 182 valence electrons. The predicted molar refractivity (Wildman–Crippen MR) is 137 cm³/mol. The molecule has 3 heterocycles. The third-order valence-corrected chi connectivity index (χ3v) is 8.80. The second kappa shape index (κ2) is 11.2. The molecule has 0 aliphatic carbocycles. The summed E-state index contributed by atoms with van der Waals surface area (Å²) in [5, 5.41) is 15.1. The summed E-state index contributed by atoms with van der Waals surface area (Å²) in [7, 11) is 1.55. The number of hydrogen-bond acceptors (Lipinski definition) is 6. The van der Waals surface area contributed by atoms with Crippen molar-refractivity contribution in [1.82, 2.24) is 9.88 Å². The lowest BCUT2D eigenvalue weighted by Gasteiger charge is -2.39. The molecule has 1 N–H and O–H groups in total. The molecule has 4 rings (SSSR count). The Hall–Kier alpha value is -1.87. The van der Waals surface area contributed by atoms with Crippen LogP contribution in [0.5, 0.6) is 5.75 Å². The van der Waals surface area contributed by atoms with Crippen LogP contribution in [0.15, 0.2) is 46.1 Å². The number of carbonyl (C=O) groups is 1. The van der Waals surface area contributed by atoms with Gasteiger partial charge in [0, 0.05) is 39.7 Å². The normalized spacial score (nSPS) is 17.0. The average Bonchev–Trinajstić information content (AvgIpc) is 3.36. The number of benzene rings is 1. The molecule has 2 aromatic heterocycles. The van der Waals surface area contributed by atoms with Crippen molar-refractivity contribution in [3.8, 4) is 5.75 Å². The highest BCUT2D eigenvalue weighted by Gasteiger charge is 2.41. The Balaban J connectivity index is 1.39. The van der Waals surface area contributed by atoms with Gasteiger partial charge in [-0.05, 0) is 68.4 Å². The maximum absolute atomic E-state index is 15.6. The fourth-order valence-corrected chi connectivity index (χ4v) is 6.62. The lowest BCUT2D eigenvalue weighted by atomic mass is 9.74. The highest BCUT2D eigenvalue weighted by molar-refractivity contribution is 7.99. The molecule has 5 nitrogen and oxygen atoms in total. The van der Waals surface area contributed by atoms with Gasteiger partial charge < -0.3 is 14.7 Å². The first kappa shape index (κ1) is 25.2. The largest absolute Gasteiger partial charge is 0.497 e. The Morgan fingerprint density at radius 1 is 1.38 bits per heavy atom. The molecule has 9 heteroatoms. The lowest BCUT2D eigenvalue weighted by molar-refractivity contribution is -0.153. The number of piperidine rings is 1. The number of hydrogen-bond donors (Lipinski definition) is 1. The number of carboxylic acids is 1. The minimum atomic E-state index is -1.39. The van der Waals surface area contributed by atoms with Crippen LogP contribution in [0.4, 0.5) is 4.39 Å². The zero-order valence-electron chi connectivity index (χ0n) is 19.0. The minimum absolute atomic E-state index is 0.0936. The lowest BCUT2D eigenvalue weighted by Crippen LogP contribution is -2.45. The van der Waals surface area contributed by atoms with Gasteiger partial charge in [0.05, 0.1) is 23.1 Å². The number of alkyl halides is 1. The van der Waals surface area contributed by atoms with Crippen molar-refractivity contribution in [3.05, 3.63) is 51.8 Å². The number of thioether (sulfide) groups is 1. The number of likely N-dealkylation sites (tertiary alicyclic amines) is 1. The number of rotatable bonds is 10. The monoisotopic (exact) mass is 522 g/mol. The number of aromatic nitrogens is 1. The standard InChI is InChI=1S/C25H28ClFN2O3S2/c1-32-17-2-3-22-19(14-17)23(20(26)15-28-22)21(27)4-6-25(24(30)31)7-9-29(10-8-25)11-13-34-18-5-12-33-16-18/h2-3,5,12,14-16,21H,4,6-11,13H2,1H3,(H,30,31). The van der Waals surface area contributed by atoms with Crippen LogP contribution < -0.4 is 4.74 Å². The summed E-state index contributed by atoms with van der Waals surface area (Å²) < 4.78 is 20.9. The number of methoxy groups -OCH3 is 1. The Morgan fingerprint density at radius 3 is 2.85 bits per heavy atom. The van der Waals surface area contributed by atoms with Crippen molar-refractivity contribution in [2.24, 2.45) is 5.41 Å². The Bertz CT molecular complexity index is 1120. The van der Waals surface area contributed by atoms with Gasteiger partial charge in [-0.3, -0.25) is 9.78 Å². The van der Waals surface area contributed by atoms with Crippen LogP contribution in [0, 0.1) is 5.41 Å². The average molecular weight is 523 g/mol. The van der Waals surface area contributed by atoms with Gasteiger partial charge in [0.1, 0.15) is 11.9 Å². The molecule has 1 saturated heterocycles. The molecule has 0 bridgehead atoms. The molecule has 0 spiro atoms. The number of ether oxygens (including phenoxy) is 1. The van der Waals surface area contributed by atoms with Crippen molar-refractivity contribution < 1.29 is 19.0 Å². The third-order valence-electron chi connectivity index (χ3n) is 6.70. The number of pyridine rings is 1. The highest BCUT2D eigenvalue weighted by Crippen LogP contribution is 2.42. The van der Waals surface area contributed by atoms with E-state index in [1.165, 1.54) is 11.1 Å².